The molecule has 0 radical (unpaired) electrons. The van der Waals surface area contributed by atoms with E-state index >= 15 is 0 Å². The Balaban J connectivity index is 1.31. The van der Waals surface area contributed by atoms with Crippen molar-refractivity contribution in [1.82, 2.24) is 4.90 Å². The molecule has 5 rings (SSSR count). The molecule has 3 aliphatic carbocycles. The summed E-state index contributed by atoms with van der Waals surface area (Å²) in [5.41, 5.74) is 3.79. The van der Waals surface area contributed by atoms with E-state index in [0.717, 1.165) is 43.8 Å². The zero-order valence-corrected chi connectivity index (χ0v) is 14.7. The van der Waals surface area contributed by atoms with Gasteiger partial charge in [-0.1, -0.05) is 6.07 Å². The van der Waals surface area contributed by atoms with Gasteiger partial charge in [-0.25, -0.2) is 0 Å². The van der Waals surface area contributed by atoms with Gasteiger partial charge < -0.3 is 9.80 Å². The predicted molar refractivity (Wildman–Crippen MR) is 96.4 cm³/mol. The number of hydrogen-bond acceptors (Lipinski definition) is 2. The van der Waals surface area contributed by atoms with E-state index in [1.165, 1.54) is 30.4 Å². The minimum Gasteiger partial charge on any atom is -0.339 e. The van der Waals surface area contributed by atoms with Crippen LogP contribution in [0.2, 0.25) is 0 Å². The highest BCUT2D eigenvalue weighted by atomic mass is 16.2. The summed E-state index contributed by atoms with van der Waals surface area (Å²) in [7, 11) is 0. The maximum atomic E-state index is 13.0. The number of amides is 2. The van der Waals surface area contributed by atoms with Crippen LogP contribution in [0.1, 0.15) is 49.7 Å². The Bertz CT molecular complexity index is 721. The maximum absolute atomic E-state index is 13.0. The standard InChI is InChI=1S/C21H26N2O2/c24-20-11-17(21(25)23(18-8-9-18)12-14-4-5-14)13-22(20)19-7-6-15-2-1-3-16(15)10-19/h6-7,10,14,17-18H,1-5,8-9,11-13H2. The molecule has 2 saturated carbocycles. The summed E-state index contributed by atoms with van der Waals surface area (Å²) in [5.74, 6) is 0.902. The minimum absolute atomic E-state index is 0.110. The molecule has 0 aromatic heterocycles. The van der Waals surface area contributed by atoms with Crippen LogP contribution < -0.4 is 4.90 Å². The molecule has 25 heavy (non-hydrogen) atoms. The van der Waals surface area contributed by atoms with Gasteiger partial charge in [0.25, 0.3) is 0 Å². The summed E-state index contributed by atoms with van der Waals surface area (Å²) in [5, 5.41) is 0. The zero-order chi connectivity index (χ0) is 17.0. The van der Waals surface area contributed by atoms with Gasteiger partial charge in [0, 0.05) is 31.2 Å². The zero-order valence-electron chi connectivity index (χ0n) is 14.7. The number of nitrogens with zero attached hydrogens (tertiary/aromatic N) is 2. The van der Waals surface area contributed by atoms with Crippen LogP contribution in [0.25, 0.3) is 0 Å². The second kappa shape index (κ2) is 5.86. The summed E-state index contributed by atoms with van der Waals surface area (Å²) in [6, 6.07) is 6.87. The molecule has 1 aromatic rings. The van der Waals surface area contributed by atoms with Crippen molar-refractivity contribution in [3.8, 4) is 0 Å². The highest BCUT2D eigenvalue weighted by Gasteiger charge is 2.43. The smallest absolute Gasteiger partial charge is 0.228 e. The van der Waals surface area contributed by atoms with Gasteiger partial charge >= 0.3 is 0 Å². The van der Waals surface area contributed by atoms with Gasteiger partial charge in [-0.15, -0.1) is 0 Å². The van der Waals surface area contributed by atoms with Crippen LogP contribution in [0.15, 0.2) is 18.2 Å². The highest BCUT2D eigenvalue weighted by Crippen LogP contribution is 2.37. The van der Waals surface area contributed by atoms with Crippen LogP contribution in [-0.2, 0) is 22.4 Å². The molecule has 4 heteroatoms. The molecule has 0 N–H and O–H groups in total. The van der Waals surface area contributed by atoms with Gasteiger partial charge in [-0.2, -0.15) is 0 Å². The lowest BCUT2D eigenvalue weighted by atomic mass is 10.1. The van der Waals surface area contributed by atoms with E-state index in [1.54, 1.807) is 0 Å². The third kappa shape index (κ3) is 2.96. The maximum Gasteiger partial charge on any atom is 0.228 e. The molecule has 2 amide bonds. The normalized spacial score (nSPS) is 25.4. The Kier molecular flexibility index (Phi) is 3.61. The average molecular weight is 338 g/mol. The van der Waals surface area contributed by atoms with Gasteiger partial charge in [-0.05, 0) is 74.1 Å². The first-order valence-corrected chi connectivity index (χ1v) is 9.91. The molecule has 1 heterocycles. The highest BCUT2D eigenvalue weighted by molar-refractivity contribution is 6.00. The first-order valence-electron chi connectivity index (χ1n) is 9.91. The molecular weight excluding hydrogens is 312 g/mol. The SMILES string of the molecule is O=C1CC(C(=O)N(CC2CC2)C2CC2)CN1c1ccc2c(c1)CCC2. The van der Waals surface area contributed by atoms with Gasteiger partial charge in [-0.3, -0.25) is 9.59 Å². The fraction of sp³-hybridized carbons (Fsp3) is 0.619. The van der Waals surface area contributed by atoms with Crippen molar-refractivity contribution in [1.29, 1.82) is 0 Å². The van der Waals surface area contributed by atoms with E-state index in [9.17, 15) is 9.59 Å². The Morgan fingerprint density at radius 2 is 1.92 bits per heavy atom. The summed E-state index contributed by atoms with van der Waals surface area (Å²) < 4.78 is 0. The first kappa shape index (κ1) is 15.4. The van der Waals surface area contributed by atoms with Crippen LogP contribution in [-0.4, -0.2) is 35.8 Å². The number of anilines is 1. The van der Waals surface area contributed by atoms with Crippen molar-refractivity contribution in [3.05, 3.63) is 29.3 Å². The van der Waals surface area contributed by atoms with E-state index in [0.29, 0.717) is 19.0 Å². The summed E-state index contributed by atoms with van der Waals surface area (Å²) >= 11 is 0. The first-order chi connectivity index (χ1) is 12.2. The van der Waals surface area contributed by atoms with Gasteiger partial charge in [0.1, 0.15) is 0 Å². The Labute approximate surface area is 149 Å². The van der Waals surface area contributed by atoms with E-state index < -0.39 is 0 Å². The number of fused-ring (bicyclic) bond motifs is 1. The molecule has 1 atom stereocenters. The van der Waals surface area contributed by atoms with Crippen molar-refractivity contribution in [3.63, 3.8) is 0 Å². The number of rotatable bonds is 5. The second-order valence-electron chi connectivity index (χ2n) is 8.38. The molecule has 132 valence electrons. The number of hydrogen-bond donors (Lipinski definition) is 0. The van der Waals surface area contributed by atoms with Crippen LogP contribution in [0.3, 0.4) is 0 Å². The molecule has 4 aliphatic rings. The molecule has 1 aliphatic heterocycles. The van der Waals surface area contributed by atoms with E-state index in [-0.39, 0.29) is 17.7 Å². The lowest BCUT2D eigenvalue weighted by Gasteiger charge is -2.25. The summed E-state index contributed by atoms with van der Waals surface area (Å²) in [4.78, 5) is 29.6. The average Bonchev–Trinajstić information content (AvgIpc) is 3.52. The largest absolute Gasteiger partial charge is 0.339 e. The van der Waals surface area contributed by atoms with Crippen LogP contribution in [0, 0.1) is 11.8 Å². The topological polar surface area (TPSA) is 40.6 Å². The van der Waals surface area contributed by atoms with Gasteiger partial charge in [0.2, 0.25) is 11.8 Å². The summed E-state index contributed by atoms with van der Waals surface area (Å²) in [6.45, 7) is 1.48. The number of benzene rings is 1. The lowest BCUT2D eigenvalue weighted by molar-refractivity contribution is -0.136. The van der Waals surface area contributed by atoms with Gasteiger partial charge in [0.05, 0.1) is 5.92 Å². The Morgan fingerprint density at radius 1 is 1.12 bits per heavy atom. The third-order valence-corrected chi connectivity index (χ3v) is 6.29. The lowest BCUT2D eigenvalue weighted by Crippen LogP contribution is -2.40. The van der Waals surface area contributed by atoms with Crippen molar-refractivity contribution < 1.29 is 9.59 Å². The van der Waals surface area contributed by atoms with Crippen LogP contribution in [0.4, 0.5) is 5.69 Å². The minimum atomic E-state index is -0.153. The number of carbonyl (C=O) groups is 2. The molecule has 0 spiro atoms. The molecule has 1 unspecified atom stereocenters. The Morgan fingerprint density at radius 3 is 2.68 bits per heavy atom. The fourth-order valence-corrected chi connectivity index (χ4v) is 4.47. The Hall–Kier alpha value is -1.84. The second-order valence-corrected chi connectivity index (χ2v) is 8.38. The summed E-state index contributed by atoms with van der Waals surface area (Å²) in [6.07, 6.45) is 8.69. The number of aryl methyl sites for hydroxylation is 2. The van der Waals surface area contributed by atoms with E-state index in [2.05, 4.69) is 23.1 Å². The van der Waals surface area contributed by atoms with Gasteiger partial charge in [0.15, 0.2) is 0 Å². The van der Waals surface area contributed by atoms with Crippen molar-refractivity contribution in [2.45, 2.75) is 57.4 Å². The van der Waals surface area contributed by atoms with E-state index in [1.807, 2.05) is 4.90 Å². The van der Waals surface area contributed by atoms with Crippen molar-refractivity contribution >= 4 is 17.5 Å². The van der Waals surface area contributed by atoms with Crippen molar-refractivity contribution in [2.75, 3.05) is 18.0 Å². The van der Waals surface area contributed by atoms with Crippen molar-refractivity contribution in [2.24, 2.45) is 11.8 Å². The molecule has 4 nitrogen and oxygen atoms in total. The van der Waals surface area contributed by atoms with E-state index in [4.69, 9.17) is 0 Å². The number of carbonyl (C=O) groups excluding carboxylic acids is 2. The molecular formula is C21H26N2O2. The molecule has 1 aromatic carbocycles. The predicted octanol–water partition coefficient (Wildman–Crippen LogP) is 2.93. The quantitative estimate of drug-likeness (QED) is 0.828. The molecule has 3 fully saturated rings. The fourth-order valence-electron chi connectivity index (χ4n) is 4.47. The molecule has 0 bridgehead atoms. The third-order valence-electron chi connectivity index (χ3n) is 6.29. The monoisotopic (exact) mass is 338 g/mol. The van der Waals surface area contributed by atoms with Crippen LogP contribution >= 0.6 is 0 Å². The molecule has 1 saturated heterocycles. The van der Waals surface area contributed by atoms with Crippen LogP contribution in [0.5, 0.6) is 0 Å².